The van der Waals surface area contributed by atoms with Crippen molar-refractivity contribution in [3.05, 3.63) is 65.4 Å². The SMILES string of the molecule is C=Cc1ccc(-n2cnccc2=O)cc1. The van der Waals surface area contributed by atoms with E-state index in [9.17, 15) is 4.79 Å². The summed E-state index contributed by atoms with van der Waals surface area (Å²) in [4.78, 5) is 15.4. The lowest BCUT2D eigenvalue weighted by molar-refractivity contribution is 0.935. The highest BCUT2D eigenvalue weighted by atomic mass is 16.1. The minimum absolute atomic E-state index is 0.0867. The molecule has 0 radical (unpaired) electrons. The highest BCUT2D eigenvalue weighted by Crippen LogP contribution is 2.07. The average molecular weight is 198 g/mol. The Hall–Kier alpha value is -2.16. The molecular weight excluding hydrogens is 188 g/mol. The van der Waals surface area contributed by atoms with Crippen molar-refractivity contribution < 1.29 is 0 Å². The van der Waals surface area contributed by atoms with E-state index >= 15 is 0 Å². The van der Waals surface area contributed by atoms with E-state index in [1.54, 1.807) is 6.08 Å². The van der Waals surface area contributed by atoms with Gasteiger partial charge in [0.25, 0.3) is 5.56 Å². The first kappa shape index (κ1) is 9.40. The van der Waals surface area contributed by atoms with Crippen LogP contribution < -0.4 is 5.56 Å². The van der Waals surface area contributed by atoms with Crippen LogP contribution in [0.1, 0.15) is 5.56 Å². The van der Waals surface area contributed by atoms with Crippen LogP contribution in [0, 0.1) is 0 Å². The Balaban J connectivity index is 2.51. The third-order valence-electron chi connectivity index (χ3n) is 2.13. The zero-order valence-corrected chi connectivity index (χ0v) is 8.13. The predicted molar refractivity (Wildman–Crippen MR) is 59.9 cm³/mol. The van der Waals surface area contributed by atoms with Gasteiger partial charge in [0, 0.05) is 12.3 Å². The summed E-state index contributed by atoms with van der Waals surface area (Å²) < 4.78 is 1.49. The highest BCUT2D eigenvalue weighted by molar-refractivity contribution is 5.49. The van der Waals surface area contributed by atoms with Crippen molar-refractivity contribution in [1.29, 1.82) is 0 Å². The van der Waals surface area contributed by atoms with Gasteiger partial charge in [-0.25, -0.2) is 4.98 Å². The van der Waals surface area contributed by atoms with E-state index in [-0.39, 0.29) is 5.56 Å². The minimum Gasteiger partial charge on any atom is -0.269 e. The molecule has 2 rings (SSSR count). The second kappa shape index (κ2) is 3.92. The van der Waals surface area contributed by atoms with Gasteiger partial charge in [0.1, 0.15) is 6.33 Å². The van der Waals surface area contributed by atoms with Gasteiger partial charge < -0.3 is 0 Å². The second-order valence-corrected chi connectivity index (χ2v) is 3.08. The fraction of sp³-hybridized carbons (Fsp3) is 0. The van der Waals surface area contributed by atoms with Crippen LogP contribution in [0.25, 0.3) is 11.8 Å². The van der Waals surface area contributed by atoms with Crippen LogP contribution in [0.4, 0.5) is 0 Å². The van der Waals surface area contributed by atoms with Gasteiger partial charge in [-0.05, 0) is 17.7 Å². The van der Waals surface area contributed by atoms with Crippen LogP contribution in [0.15, 0.2) is 54.2 Å². The number of nitrogens with zero attached hydrogens (tertiary/aromatic N) is 2. The van der Waals surface area contributed by atoms with Crippen molar-refractivity contribution in [3.63, 3.8) is 0 Å². The third kappa shape index (κ3) is 1.86. The van der Waals surface area contributed by atoms with E-state index in [0.29, 0.717) is 0 Å². The predicted octanol–water partition coefficient (Wildman–Crippen LogP) is 1.88. The smallest absolute Gasteiger partial charge is 0.257 e. The maximum Gasteiger partial charge on any atom is 0.257 e. The van der Waals surface area contributed by atoms with Crippen molar-refractivity contribution in [2.24, 2.45) is 0 Å². The Kier molecular flexibility index (Phi) is 2.46. The van der Waals surface area contributed by atoms with E-state index in [1.807, 2.05) is 24.3 Å². The van der Waals surface area contributed by atoms with E-state index in [0.717, 1.165) is 11.3 Å². The van der Waals surface area contributed by atoms with Crippen LogP contribution >= 0.6 is 0 Å². The summed E-state index contributed by atoms with van der Waals surface area (Å²) in [6, 6.07) is 8.96. The van der Waals surface area contributed by atoms with Gasteiger partial charge in [-0.1, -0.05) is 24.8 Å². The molecule has 0 unspecified atom stereocenters. The molecule has 0 aliphatic carbocycles. The van der Waals surface area contributed by atoms with Gasteiger partial charge in [-0.15, -0.1) is 0 Å². The molecule has 0 spiro atoms. The van der Waals surface area contributed by atoms with Gasteiger partial charge >= 0.3 is 0 Å². The number of benzene rings is 1. The molecule has 2 aromatic rings. The molecule has 1 aromatic heterocycles. The van der Waals surface area contributed by atoms with E-state index in [4.69, 9.17) is 0 Å². The minimum atomic E-state index is -0.0867. The summed E-state index contributed by atoms with van der Waals surface area (Å²) in [6.07, 6.45) is 4.75. The summed E-state index contributed by atoms with van der Waals surface area (Å²) >= 11 is 0. The van der Waals surface area contributed by atoms with Crippen LogP contribution in [-0.4, -0.2) is 9.55 Å². The Morgan fingerprint density at radius 3 is 2.53 bits per heavy atom. The molecule has 74 valence electrons. The molecule has 3 nitrogen and oxygen atoms in total. The number of rotatable bonds is 2. The Morgan fingerprint density at radius 1 is 1.20 bits per heavy atom. The zero-order chi connectivity index (χ0) is 10.7. The van der Waals surface area contributed by atoms with Gasteiger partial charge in [0.05, 0.1) is 5.69 Å². The summed E-state index contributed by atoms with van der Waals surface area (Å²) in [5.41, 5.74) is 1.74. The third-order valence-corrected chi connectivity index (χ3v) is 2.13. The second-order valence-electron chi connectivity index (χ2n) is 3.08. The Bertz CT molecular complexity index is 526. The van der Waals surface area contributed by atoms with Gasteiger partial charge in [-0.2, -0.15) is 0 Å². The average Bonchev–Trinajstić information content (AvgIpc) is 2.30. The van der Waals surface area contributed by atoms with E-state index < -0.39 is 0 Å². The molecular formula is C12H10N2O. The fourth-order valence-corrected chi connectivity index (χ4v) is 1.31. The standard InChI is InChI=1S/C12H10N2O/c1-2-10-3-5-11(6-4-10)14-9-13-8-7-12(14)15/h2-9H,1H2. The summed E-state index contributed by atoms with van der Waals surface area (Å²) in [5, 5.41) is 0. The van der Waals surface area contributed by atoms with Crippen molar-refractivity contribution >= 4 is 6.08 Å². The molecule has 0 aliphatic rings. The maximum absolute atomic E-state index is 11.5. The van der Waals surface area contributed by atoms with Crippen molar-refractivity contribution in [3.8, 4) is 5.69 Å². The summed E-state index contributed by atoms with van der Waals surface area (Å²) in [7, 11) is 0. The first-order valence-corrected chi connectivity index (χ1v) is 4.57. The molecule has 0 saturated carbocycles. The van der Waals surface area contributed by atoms with Crippen LogP contribution in [-0.2, 0) is 0 Å². The first-order chi connectivity index (χ1) is 7.31. The van der Waals surface area contributed by atoms with Crippen LogP contribution in [0.5, 0.6) is 0 Å². The lowest BCUT2D eigenvalue weighted by atomic mass is 10.2. The quantitative estimate of drug-likeness (QED) is 0.738. The first-order valence-electron chi connectivity index (χ1n) is 4.57. The molecule has 15 heavy (non-hydrogen) atoms. The van der Waals surface area contributed by atoms with Gasteiger partial charge in [-0.3, -0.25) is 9.36 Å². The van der Waals surface area contributed by atoms with Crippen molar-refractivity contribution in [2.75, 3.05) is 0 Å². The number of aromatic nitrogens is 2. The van der Waals surface area contributed by atoms with Gasteiger partial charge in [0.15, 0.2) is 0 Å². The summed E-state index contributed by atoms with van der Waals surface area (Å²) in [6.45, 7) is 3.67. The van der Waals surface area contributed by atoms with Crippen molar-refractivity contribution in [2.45, 2.75) is 0 Å². The largest absolute Gasteiger partial charge is 0.269 e. The van der Waals surface area contributed by atoms with Crippen LogP contribution in [0.3, 0.4) is 0 Å². The lowest BCUT2D eigenvalue weighted by Gasteiger charge is -2.03. The fourth-order valence-electron chi connectivity index (χ4n) is 1.31. The molecule has 0 saturated heterocycles. The molecule has 1 heterocycles. The summed E-state index contributed by atoms with van der Waals surface area (Å²) in [5.74, 6) is 0. The molecule has 0 atom stereocenters. The number of hydrogen-bond donors (Lipinski definition) is 0. The van der Waals surface area contributed by atoms with E-state index in [2.05, 4.69) is 11.6 Å². The topological polar surface area (TPSA) is 34.9 Å². The van der Waals surface area contributed by atoms with Gasteiger partial charge in [0.2, 0.25) is 0 Å². The highest BCUT2D eigenvalue weighted by Gasteiger charge is 1.97. The molecule has 1 aromatic carbocycles. The number of hydrogen-bond acceptors (Lipinski definition) is 2. The Labute approximate surface area is 87.3 Å². The maximum atomic E-state index is 11.5. The van der Waals surface area contributed by atoms with Crippen molar-refractivity contribution in [1.82, 2.24) is 9.55 Å². The molecule has 0 fully saturated rings. The molecule has 0 N–H and O–H groups in total. The monoisotopic (exact) mass is 198 g/mol. The Morgan fingerprint density at radius 2 is 1.93 bits per heavy atom. The lowest BCUT2D eigenvalue weighted by Crippen LogP contribution is -2.16. The zero-order valence-electron chi connectivity index (χ0n) is 8.13. The molecule has 3 heteroatoms. The van der Waals surface area contributed by atoms with E-state index in [1.165, 1.54) is 23.2 Å². The molecule has 0 aliphatic heterocycles. The normalized spacial score (nSPS) is 9.87. The van der Waals surface area contributed by atoms with Crippen LogP contribution in [0.2, 0.25) is 0 Å². The molecule has 0 amide bonds. The molecule has 0 bridgehead atoms.